The Kier molecular flexibility index (Phi) is 6.12. The van der Waals surface area contributed by atoms with Crippen molar-refractivity contribution in [3.05, 3.63) is 64.2 Å². The second-order valence-electron chi connectivity index (χ2n) is 7.23. The van der Waals surface area contributed by atoms with Gasteiger partial charge in [0, 0.05) is 18.0 Å². The Morgan fingerprint density at radius 2 is 1.66 bits per heavy atom. The molecule has 1 heterocycles. The van der Waals surface area contributed by atoms with E-state index in [1.165, 1.54) is 0 Å². The van der Waals surface area contributed by atoms with Crippen LogP contribution in [0, 0.1) is 6.92 Å². The Bertz CT molecular complexity index is 821. The van der Waals surface area contributed by atoms with E-state index in [0.717, 1.165) is 37.1 Å². The fourth-order valence-electron chi connectivity index (χ4n) is 3.66. The number of piperidine rings is 1. The molecule has 1 N–H and O–H groups in total. The number of nitrogens with one attached hydrogen (secondary N) is 1. The molecule has 158 valence electrons. The molecule has 0 bridgehead atoms. The lowest BCUT2D eigenvalue weighted by molar-refractivity contribution is -0.143. The van der Waals surface area contributed by atoms with Crippen LogP contribution in [0.15, 0.2) is 36.4 Å². The van der Waals surface area contributed by atoms with Crippen molar-refractivity contribution < 1.29 is 31.1 Å². The van der Waals surface area contributed by atoms with Crippen LogP contribution < -0.4 is 10.1 Å². The minimum atomic E-state index is -4.88. The Hall–Kier alpha value is -2.22. The second-order valence-corrected chi connectivity index (χ2v) is 7.23. The normalized spacial score (nSPS) is 18.0. The molecule has 0 amide bonds. The molecule has 0 aromatic heterocycles. The fraction of sp³-hybridized carbons (Fsp3) is 0.429. The van der Waals surface area contributed by atoms with Gasteiger partial charge in [-0.15, -0.1) is 0 Å². The maximum absolute atomic E-state index is 13.0. The van der Waals surface area contributed by atoms with Crippen LogP contribution in [-0.2, 0) is 19.0 Å². The molecule has 0 radical (unpaired) electrons. The maximum Gasteiger partial charge on any atom is 0.416 e. The fourth-order valence-corrected chi connectivity index (χ4v) is 3.66. The zero-order valence-corrected chi connectivity index (χ0v) is 15.8. The molecule has 2 aromatic rings. The van der Waals surface area contributed by atoms with Crippen molar-refractivity contribution in [2.75, 3.05) is 13.1 Å². The molecule has 1 unspecified atom stereocenters. The van der Waals surface area contributed by atoms with E-state index in [1.807, 2.05) is 13.0 Å². The van der Waals surface area contributed by atoms with Gasteiger partial charge in [-0.2, -0.15) is 26.3 Å². The number of rotatable bonds is 4. The van der Waals surface area contributed by atoms with Crippen LogP contribution in [0.1, 0.15) is 46.6 Å². The average Bonchev–Trinajstić information content (AvgIpc) is 2.65. The highest BCUT2D eigenvalue weighted by atomic mass is 19.4. The molecule has 2 aromatic carbocycles. The summed E-state index contributed by atoms with van der Waals surface area (Å²) in [5.41, 5.74) is -0.931. The molecule has 1 saturated heterocycles. The molecule has 1 fully saturated rings. The van der Waals surface area contributed by atoms with E-state index < -0.39 is 23.5 Å². The predicted octanol–water partition coefficient (Wildman–Crippen LogP) is 6.08. The zero-order valence-electron chi connectivity index (χ0n) is 15.8. The molecule has 0 spiro atoms. The summed E-state index contributed by atoms with van der Waals surface area (Å²) in [5, 5.41) is 3.30. The summed E-state index contributed by atoms with van der Waals surface area (Å²) in [6, 6.07) is 6.91. The minimum Gasteiger partial charge on any atom is -0.489 e. The topological polar surface area (TPSA) is 21.3 Å². The van der Waals surface area contributed by atoms with Gasteiger partial charge in [0.05, 0.1) is 11.1 Å². The van der Waals surface area contributed by atoms with E-state index in [1.54, 1.807) is 12.1 Å². The number of halogens is 6. The second kappa shape index (κ2) is 8.26. The first kappa shape index (κ1) is 21.5. The Morgan fingerprint density at radius 3 is 2.21 bits per heavy atom. The van der Waals surface area contributed by atoms with E-state index in [0.29, 0.717) is 17.9 Å². The molecule has 0 aliphatic carbocycles. The Morgan fingerprint density at radius 1 is 1.00 bits per heavy atom. The largest absolute Gasteiger partial charge is 0.489 e. The van der Waals surface area contributed by atoms with E-state index in [4.69, 9.17) is 4.74 Å². The number of ether oxygens (including phenoxy) is 1. The minimum absolute atomic E-state index is 0.120. The van der Waals surface area contributed by atoms with Crippen LogP contribution in [0.4, 0.5) is 26.3 Å². The molecule has 1 atom stereocenters. The Labute approximate surface area is 164 Å². The highest BCUT2D eigenvalue weighted by molar-refractivity contribution is 5.43. The van der Waals surface area contributed by atoms with E-state index in [-0.39, 0.29) is 24.2 Å². The molecule has 1 aliphatic heterocycles. The number of hydrogen-bond donors (Lipinski definition) is 1. The number of benzene rings is 2. The Balaban J connectivity index is 1.89. The number of hydrogen-bond acceptors (Lipinski definition) is 2. The number of aryl methyl sites for hydroxylation is 1. The van der Waals surface area contributed by atoms with Crippen LogP contribution in [0.3, 0.4) is 0 Å². The lowest BCUT2D eigenvalue weighted by atomic mass is 9.88. The lowest BCUT2D eigenvalue weighted by Crippen LogP contribution is -2.29. The predicted molar refractivity (Wildman–Crippen MR) is 96.8 cm³/mol. The monoisotopic (exact) mass is 417 g/mol. The van der Waals surface area contributed by atoms with Crippen LogP contribution in [-0.4, -0.2) is 13.1 Å². The van der Waals surface area contributed by atoms with Crippen LogP contribution in [0.5, 0.6) is 5.75 Å². The van der Waals surface area contributed by atoms with Crippen molar-refractivity contribution in [3.8, 4) is 5.75 Å². The standard InChI is InChI=1S/C21H21F6NO/c1-13-4-2-6-18(19(13)15-5-3-7-28-11-15)29-12-14-8-16(20(22,23)24)10-17(9-14)21(25,26)27/h2,4,6,8-10,15,28H,3,5,7,11-12H2,1H3. The molecule has 0 saturated carbocycles. The first-order chi connectivity index (χ1) is 13.6. The summed E-state index contributed by atoms with van der Waals surface area (Å²) < 4.78 is 84.0. The van der Waals surface area contributed by atoms with Gasteiger partial charge in [0.25, 0.3) is 0 Å². The molecule has 1 aliphatic rings. The molecular weight excluding hydrogens is 396 g/mol. The van der Waals surface area contributed by atoms with Gasteiger partial charge < -0.3 is 10.1 Å². The molecule has 3 rings (SSSR count). The van der Waals surface area contributed by atoms with Gasteiger partial charge in [0.1, 0.15) is 12.4 Å². The van der Waals surface area contributed by atoms with Crippen molar-refractivity contribution in [2.45, 2.75) is 44.6 Å². The van der Waals surface area contributed by atoms with E-state index in [9.17, 15) is 26.3 Å². The summed E-state index contributed by atoms with van der Waals surface area (Å²) in [7, 11) is 0. The van der Waals surface area contributed by atoms with Crippen LogP contribution >= 0.6 is 0 Å². The number of alkyl halides is 6. The molecule has 2 nitrogen and oxygen atoms in total. The van der Waals surface area contributed by atoms with Crippen molar-refractivity contribution >= 4 is 0 Å². The zero-order chi connectivity index (χ0) is 21.2. The van der Waals surface area contributed by atoms with E-state index in [2.05, 4.69) is 5.32 Å². The van der Waals surface area contributed by atoms with Crippen LogP contribution in [0.25, 0.3) is 0 Å². The summed E-state index contributed by atoms with van der Waals surface area (Å²) in [4.78, 5) is 0. The maximum atomic E-state index is 13.0. The summed E-state index contributed by atoms with van der Waals surface area (Å²) in [5.74, 6) is 0.678. The van der Waals surface area contributed by atoms with Crippen LogP contribution in [0.2, 0.25) is 0 Å². The van der Waals surface area contributed by atoms with Gasteiger partial charge in [-0.25, -0.2) is 0 Å². The average molecular weight is 417 g/mol. The molecule has 29 heavy (non-hydrogen) atoms. The highest BCUT2D eigenvalue weighted by Gasteiger charge is 2.37. The smallest absolute Gasteiger partial charge is 0.416 e. The third-order valence-corrected chi connectivity index (χ3v) is 5.03. The SMILES string of the molecule is Cc1cccc(OCc2cc(C(F)(F)F)cc(C(F)(F)F)c2)c1C1CCCNC1. The summed E-state index contributed by atoms with van der Waals surface area (Å²) in [6.45, 7) is 3.21. The van der Waals surface area contributed by atoms with Crippen molar-refractivity contribution in [1.82, 2.24) is 5.32 Å². The third kappa shape index (κ3) is 5.23. The first-order valence-electron chi connectivity index (χ1n) is 9.27. The summed E-state index contributed by atoms with van der Waals surface area (Å²) >= 11 is 0. The van der Waals surface area contributed by atoms with Crippen molar-refractivity contribution in [3.63, 3.8) is 0 Å². The molecular formula is C21H21F6NO. The van der Waals surface area contributed by atoms with Gasteiger partial charge >= 0.3 is 12.4 Å². The van der Waals surface area contributed by atoms with Gasteiger partial charge in [-0.3, -0.25) is 0 Å². The summed E-state index contributed by atoms with van der Waals surface area (Å²) in [6.07, 6.45) is -7.83. The van der Waals surface area contributed by atoms with Gasteiger partial charge in [-0.1, -0.05) is 12.1 Å². The van der Waals surface area contributed by atoms with Gasteiger partial charge in [0.2, 0.25) is 0 Å². The van der Waals surface area contributed by atoms with Gasteiger partial charge in [0.15, 0.2) is 0 Å². The van der Waals surface area contributed by atoms with Crippen molar-refractivity contribution in [2.24, 2.45) is 0 Å². The molecule has 8 heteroatoms. The van der Waals surface area contributed by atoms with E-state index >= 15 is 0 Å². The quantitative estimate of drug-likeness (QED) is 0.609. The van der Waals surface area contributed by atoms with Gasteiger partial charge in [-0.05, 0) is 61.7 Å². The first-order valence-corrected chi connectivity index (χ1v) is 9.27. The van der Waals surface area contributed by atoms with Crippen molar-refractivity contribution in [1.29, 1.82) is 0 Å². The third-order valence-electron chi connectivity index (χ3n) is 5.03. The lowest BCUT2D eigenvalue weighted by Gasteiger charge is -2.26. The highest BCUT2D eigenvalue weighted by Crippen LogP contribution is 2.37.